The topological polar surface area (TPSA) is 48.4 Å². The van der Waals surface area contributed by atoms with Crippen LogP contribution >= 0.6 is 11.6 Å². The van der Waals surface area contributed by atoms with Crippen LogP contribution < -0.4 is 10.2 Å². The van der Waals surface area contributed by atoms with Crippen molar-refractivity contribution in [2.24, 2.45) is 0 Å². The van der Waals surface area contributed by atoms with E-state index in [1.807, 2.05) is 49.5 Å². The van der Waals surface area contributed by atoms with E-state index in [4.69, 9.17) is 11.6 Å². The minimum absolute atomic E-state index is 0.00224. The van der Waals surface area contributed by atoms with Gasteiger partial charge in [-0.2, -0.15) is 0 Å². The summed E-state index contributed by atoms with van der Waals surface area (Å²) in [4.78, 5) is 6.74. The molecule has 2 N–H and O–H groups in total. The first-order chi connectivity index (χ1) is 11.6. The Bertz CT molecular complexity index is 627. The normalized spacial score (nSPS) is 18.4. The minimum Gasteiger partial charge on any atom is -0.387 e. The smallest absolute Gasteiger partial charge is 0.128 e. The standard InChI is InChI=1S/C19H24ClN3O/c1-14(19(24)15-5-7-16(20)8-6-15)22-17-9-12-23(13-10-17)18-4-2-3-11-21-18/h2-8,11,14,17,19,22,24H,9-10,12-13H2,1H3. The Morgan fingerprint density at radius 1 is 1.17 bits per heavy atom. The predicted molar refractivity (Wildman–Crippen MR) is 98.5 cm³/mol. The van der Waals surface area contributed by atoms with Gasteiger partial charge in [0, 0.05) is 36.4 Å². The van der Waals surface area contributed by atoms with Gasteiger partial charge in [-0.05, 0) is 49.6 Å². The molecule has 1 aliphatic heterocycles. The molecular weight excluding hydrogens is 322 g/mol. The van der Waals surface area contributed by atoms with Gasteiger partial charge in [0.15, 0.2) is 0 Å². The second-order valence-electron chi connectivity index (χ2n) is 6.40. The van der Waals surface area contributed by atoms with Crippen molar-refractivity contribution in [3.63, 3.8) is 0 Å². The Balaban J connectivity index is 1.51. The zero-order valence-electron chi connectivity index (χ0n) is 13.9. The van der Waals surface area contributed by atoms with E-state index in [0.717, 1.165) is 37.3 Å². The molecule has 0 saturated carbocycles. The first kappa shape index (κ1) is 17.2. The number of aliphatic hydroxyl groups is 1. The molecule has 5 heteroatoms. The second kappa shape index (κ2) is 7.97. The van der Waals surface area contributed by atoms with Gasteiger partial charge in [-0.1, -0.05) is 29.8 Å². The lowest BCUT2D eigenvalue weighted by atomic mass is 9.99. The highest BCUT2D eigenvalue weighted by molar-refractivity contribution is 6.30. The summed E-state index contributed by atoms with van der Waals surface area (Å²) in [5, 5.41) is 14.8. The third-order valence-electron chi connectivity index (χ3n) is 4.65. The zero-order valence-corrected chi connectivity index (χ0v) is 14.7. The van der Waals surface area contributed by atoms with Gasteiger partial charge in [0.25, 0.3) is 0 Å². The second-order valence-corrected chi connectivity index (χ2v) is 6.84. The van der Waals surface area contributed by atoms with Crippen LogP contribution in [-0.2, 0) is 0 Å². The zero-order chi connectivity index (χ0) is 16.9. The molecule has 0 radical (unpaired) electrons. The van der Waals surface area contributed by atoms with E-state index in [0.29, 0.717) is 11.1 Å². The molecule has 2 unspecified atom stereocenters. The van der Waals surface area contributed by atoms with Crippen LogP contribution in [0.3, 0.4) is 0 Å². The Hall–Kier alpha value is -1.62. The van der Waals surface area contributed by atoms with Crippen molar-refractivity contribution in [1.82, 2.24) is 10.3 Å². The van der Waals surface area contributed by atoms with Crippen LogP contribution in [0.4, 0.5) is 5.82 Å². The number of piperidine rings is 1. The van der Waals surface area contributed by atoms with Gasteiger partial charge in [-0.15, -0.1) is 0 Å². The average Bonchev–Trinajstić information content (AvgIpc) is 2.63. The summed E-state index contributed by atoms with van der Waals surface area (Å²) in [6.45, 7) is 4.00. The van der Waals surface area contributed by atoms with Gasteiger partial charge in [0.2, 0.25) is 0 Å². The number of halogens is 1. The molecule has 2 aromatic rings. The lowest BCUT2D eigenvalue weighted by molar-refractivity contribution is 0.126. The third kappa shape index (κ3) is 4.26. The Morgan fingerprint density at radius 3 is 2.50 bits per heavy atom. The molecule has 0 amide bonds. The summed E-state index contributed by atoms with van der Waals surface area (Å²) >= 11 is 5.91. The molecule has 1 aliphatic rings. The van der Waals surface area contributed by atoms with Gasteiger partial charge in [-0.25, -0.2) is 4.98 Å². The molecule has 1 aromatic heterocycles. The Morgan fingerprint density at radius 2 is 1.88 bits per heavy atom. The molecule has 0 spiro atoms. The van der Waals surface area contributed by atoms with Crippen molar-refractivity contribution in [3.8, 4) is 0 Å². The lowest BCUT2D eigenvalue weighted by Gasteiger charge is -2.35. The number of aliphatic hydroxyl groups excluding tert-OH is 1. The molecule has 2 heterocycles. The maximum atomic E-state index is 10.5. The first-order valence-corrected chi connectivity index (χ1v) is 8.87. The Labute approximate surface area is 148 Å². The molecule has 2 atom stereocenters. The molecule has 4 nitrogen and oxygen atoms in total. The average molecular weight is 346 g/mol. The van der Waals surface area contributed by atoms with Crippen LogP contribution in [0.2, 0.25) is 5.02 Å². The molecule has 0 bridgehead atoms. The van der Waals surface area contributed by atoms with Gasteiger partial charge in [-0.3, -0.25) is 0 Å². The van der Waals surface area contributed by atoms with Crippen molar-refractivity contribution in [1.29, 1.82) is 0 Å². The molecule has 1 aromatic carbocycles. The third-order valence-corrected chi connectivity index (χ3v) is 4.90. The lowest BCUT2D eigenvalue weighted by Crippen LogP contribution is -2.47. The van der Waals surface area contributed by atoms with E-state index in [-0.39, 0.29) is 6.04 Å². The molecule has 1 saturated heterocycles. The summed E-state index contributed by atoms with van der Waals surface area (Å²) in [6.07, 6.45) is 3.41. The minimum atomic E-state index is -0.531. The quantitative estimate of drug-likeness (QED) is 0.871. The number of aromatic nitrogens is 1. The van der Waals surface area contributed by atoms with E-state index in [2.05, 4.69) is 21.3 Å². The number of rotatable bonds is 5. The summed E-state index contributed by atoms with van der Waals surface area (Å²) < 4.78 is 0. The highest BCUT2D eigenvalue weighted by atomic mass is 35.5. The largest absolute Gasteiger partial charge is 0.387 e. The number of nitrogens with one attached hydrogen (secondary N) is 1. The molecule has 128 valence electrons. The monoisotopic (exact) mass is 345 g/mol. The van der Waals surface area contributed by atoms with E-state index in [1.54, 1.807) is 0 Å². The van der Waals surface area contributed by atoms with Crippen LogP contribution in [0.25, 0.3) is 0 Å². The highest BCUT2D eigenvalue weighted by Gasteiger charge is 2.24. The van der Waals surface area contributed by atoms with E-state index < -0.39 is 6.10 Å². The fourth-order valence-electron chi connectivity index (χ4n) is 3.23. The van der Waals surface area contributed by atoms with Crippen molar-refractivity contribution in [3.05, 3.63) is 59.2 Å². The number of anilines is 1. The number of hydrogen-bond acceptors (Lipinski definition) is 4. The van der Waals surface area contributed by atoms with Crippen molar-refractivity contribution < 1.29 is 5.11 Å². The van der Waals surface area contributed by atoms with Crippen LogP contribution in [-0.4, -0.2) is 35.3 Å². The van der Waals surface area contributed by atoms with E-state index in [9.17, 15) is 5.11 Å². The molecule has 24 heavy (non-hydrogen) atoms. The van der Waals surface area contributed by atoms with Crippen LogP contribution in [0.5, 0.6) is 0 Å². The predicted octanol–water partition coefficient (Wildman–Crippen LogP) is 3.42. The van der Waals surface area contributed by atoms with E-state index >= 15 is 0 Å². The summed E-state index contributed by atoms with van der Waals surface area (Å²) in [5.74, 6) is 1.05. The summed E-state index contributed by atoms with van der Waals surface area (Å²) in [5.41, 5.74) is 0.894. The van der Waals surface area contributed by atoms with Crippen molar-refractivity contribution in [2.75, 3.05) is 18.0 Å². The van der Waals surface area contributed by atoms with Gasteiger partial charge < -0.3 is 15.3 Å². The van der Waals surface area contributed by atoms with Crippen LogP contribution in [0, 0.1) is 0 Å². The fourth-order valence-corrected chi connectivity index (χ4v) is 3.35. The van der Waals surface area contributed by atoms with Gasteiger partial charge in [0.1, 0.15) is 5.82 Å². The number of hydrogen-bond donors (Lipinski definition) is 2. The maximum Gasteiger partial charge on any atom is 0.128 e. The number of nitrogens with zero attached hydrogens (tertiary/aromatic N) is 2. The van der Waals surface area contributed by atoms with Crippen molar-refractivity contribution >= 4 is 17.4 Å². The summed E-state index contributed by atoms with van der Waals surface area (Å²) in [7, 11) is 0. The highest BCUT2D eigenvalue weighted by Crippen LogP contribution is 2.22. The molecular formula is C19H24ClN3O. The molecule has 1 fully saturated rings. The molecule has 0 aliphatic carbocycles. The van der Waals surface area contributed by atoms with Crippen molar-refractivity contribution in [2.45, 2.75) is 38.0 Å². The van der Waals surface area contributed by atoms with Crippen LogP contribution in [0.1, 0.15) is 31.4 Å². The van der Waals surface area contributed by atoms with E-state index in [1.165, 1.54) is 0 Å². The Kier molecular flexibility index (Phi) is 5.72. The number of benzene rings is 1. The molecule has 3 rings (SSSR count). The first-order valence-electron chi connectivity index (χ1n) is 8.49. The maximum absolute atomic E-state index is 10.5. The number of pyridine rings is 1. The van der Waals surface area contributed by atoms with Gasteiger partial charge >= 0.3 is 0 Å². The van der Waals surface area contributed by atoms with Gasteiger partial charge in [0.05, 0.1) is 6.10 Å². The fraction of sp³-hybridized carbons (Fsp3) is 0.421. The van der Waals surface area contributed by atoms with Crippen LogP contribution in [0.15, 0.2) is 48.7 Å². The SMILES string of the molecule is CC(NC1CCN(c2ccccn2)CC1)C(O)c1ccc(Cl)cc1. The summed E-state index contributed by atoms with van der Waals surface area (Å²) in [6, 6.07) is 13.8.